The molecule has 0 saturated carbocycles. The lowest BCUT2D eigenvalue weighted by Crippen LogP contribution is -2.63. The lowest BCUT2D eigenvalue weighted by atomic mass is 9.89. The third-order valence-corrected chi connectivity index (χ3v) is 6.27. The number of rotatable bonds is 5. The molecule has 8 nitrogen and oxygen atoms in total. The van der Waals surface area contributed by atoms with Crippen LogP contribution in [0.1, 0.15) is 19.0 Å². The number of pyridine rings is 1. The molecule has 1 atom stereocenters. The number of nitriles is 2. The van der Waals surface area contributed by atoms with Crippen LogP contribution in [0.2, 0.25) is 0 Å². The Morgan fingerprint density at radius 1 is 1.33 bits per heavy atom. The molecule has 0 aliphatic carbocycles. The second kappa shape index (κ2) is 6.62. The standard InChI is InChI=1S/C18H17N7OS/c1-2-27(26)24-11-18(12-24,5-6-19)25-10-15(16(9-20)23-25)13-3-7-21-17-14(13)4-8-22-17/h3-4,7-8,10H,2,5,11-12H2,1H3,(H,21,22). The molecule has 4 rings (SSSR count). The first-order valence-corrected chi connectivity index (χ1v) is 9.82. The van der Waals surface area contributed by atoms with Crippen LogP contribution in [0.25, 0.3) is 22.2 Å². The van der Waals surface area contributed by atoms with Gasteiger partial charge in [-0.3, -0.25) is 4.68 Å². The molecular formula is C18H17N7OS. The second-order valence-corrected chi connectivity index (χ2v) is 8.25. The van der Waals surface area contributed by atoms with Crippen molar-refractivity contribution in [3.8, 4) is 23.3 Å². The summed E-state index contributed by atoms with van der Waals surface area (Å²) in [6, 6.07) is 8.14. The number of hydrogen-bond acceptors (Lipinski definition) is 5. The molecule has 1 aliphatic rings. The molecular weight excluding hydrogens is 362 g/mol. The molecule has 1 fully saturated rings. The minimum absolute atomic E-state index is 0.242. The summed E-state index contributed by atoms with van der Waals surface area (Å²) in [6.07, 6.45) is 5.56. The molecule has 0 amide bonds. The maximum atomic E-state index is 12.0. The van der Waals surface area contributed by atoms with Crippen LogP contribution in [0.3, 0.4) is 0 Å². The average molecular weight is 379 g/mol. The van der Waals surface area contributed by atoms with Crippen molar-refractivity contribution in [2.45, 2.75) is 18.9 Å². The lowest BCUT2D eigenvalue weighted by molar-refractivity contribution is 0.0764. The van der Waals surface area contributed by atoms with Crippen molar-refractivity contribution in [1.82, 2.24) is 24.1 Å². The summed E-state index contributed by atoms with van der Waals surface area (Å²) in [5.41, 5.74) is 2.05. The largest absolute Gasteiger partial charge is 0.346 e. The molecule has 3 aromatic rings. The molecule has 1 aliphatic heterocycles. The van der Waals surface area contributed by atoms with Gasteiger partial charge in [0.1, 0.15) is 17.3 Å². The van der Waals surface area contributed by atoms with E-state index in [4.69, 9.17) is 0 Å². The molecule has 9 heteroatoms. The van der Waals surface area contributed by atoms with Gasteiger partial charge >= 0.3 is 0 Å². The van der Waals surface area contributed by atoms with E-state index in [9.17, 15) is 14.7 Å². The van der Waals surface area contributed by atoms with Crippen LogP contribution in [-0.2, 0) is 16.5 Å². The van der Waals surface area contributed by atoms with Gasteiger partial charge in [0.05, 0.1) is 23.5 Å². The SMILES string of the molecule is CCS(=O)N1CC(CC#N)(n2cc(-c3ccnc4[nH]ccc34)c(C#N)n2)C1. The Morgan fingerprint density at radius 3 is 2.85 bits per heavy atom. The highest BCUT2D eigenvalue weighted by Gasteiger charge is 2.47. The molecule has 3 aromatic heterocycles. The van der Waals surface area contributed by atoms with Crippen molar-refractivity contribution in [3.05, 3.63) is 36.4 Å². The molecule has 0 radical (unpaired) electrons. The molecule has 1 unspecified atom stereocenters. The Labute approximate surface area is 158 Å². The van der Waals surface area contributed by atoms with E-state index in [0.29, 0.717) is 30.1 Å². The smallest absolute Gasteiger partial charge is 0.170 e. The summed E-state index contributed by atoms with van der Waals surface area (Å²) in [5.74, 6) is 0.541. The van der Waals surface area contributed by atoms with Gasteiger partial charge in [-0.25, -0.2) is 13.5 Å². The number of fused-ring (bicyclic) bond motifs is 1. The number of H-pyrrole nitrogens is 1. The fraction of sp³-hybridized carbons (Fsp3) is 0.333. The molecule has 0 spiro atoms. The first-order valence-electron chi connectivity index (χ1n) is 8.55. The zero-order chi connectivity index (χ0) is 19.0. The van der Waals surface area contributed by atoms with Crippen LogP contribution >= 0.6 is 0 Å². The molecule has 1 N–H and O–H groups in total. The third kappa shape index (κ3) is 2.72. The van der Waals surface area contributed by atoms with E-state index < -0.39 is 16.5 Å². The summed E-state index contributed by atoms with van der Waals surface area (Å²) in [7, 11) is -1.05. The summed E-state index contributed by atoms with van der Waals surface area (Å²) >= 11 is 0. The van der Waals surface area contributed by atoms with Gasteiger partial charge in [-0.05, 0) is 17.7 Å². The number of nitrogens with one attached hydrogen (secondary N) is 1. The fourth-order valence-electron chi connectivity index (χ4n) is 3.51. The lowest BCUT2D eigenvalue weighted by Gasteiger charge is -2.47. The Kier molecular flexibility index (Phi) is 4.27. The van der Waals surface area contributed by atoms with Gasteiger partial charge in [-0.15, -0.1) is 0 Å². The quantitative estimate of drug-likeness (QED) is 0.727. The van der Waals surface area contributed by atoms with Gasteiger partial charge in [-0.2, -0.15) is 15.6 Å². The van der Waals surface area contributed by atoms with Crippen molar-refractivity contribution in [2.24, 2.45) is 0 Å². The molecule has 0 bridgehead atoms. The van der Waals surface area contributed by atoms with E-state index in [1.54, 1.807) is 17.1 Å². The summed E-state index contributed by atoms with van der Waals surface area (Å²) in [4.78, 5) is 7.35. The predicted octanol–water partition coefficient (Wildman–Crippen LogP) is 1.91. The highest BCUT2D eigenvalue weighted by atomic mass is 32.2. The van der Waals surface area contributed by atoms with E-state index in [-0.39, 0.29) is 6.42 Å². The molecule has 0 aromatic carbocycles. The van der Waals surface area contributed by atoms with Gasteiger partial charge in [-0.1, -0.05) is 6.92 Å². The van der Waals surface area contributed by atoms with Gasteiger partial charge in [0.15, 0.2) is 5.69 Å². The van der Waals surface area contributed by atoms with Crippen molar-refractivity contribution < 1.29 is 4.21 Å². The van der Waals surface area contributed by atoms with Crippen LogP contribution in [0.5, 0.6) is 0 Å². The van der Waals surface area contributed by atoms with Gasteiger partial charge in [0.25, 0.3) is 0 Å². The fourth-order valence-corrected chi connectivity index (χ4v) is 4.65. The second-order valence-electron chi connectivity index (χ2n) is 6.51. The van der Waals surface area contributed by atoms with Crippen LogP contribution in [0.4, 0.5) is 0 Å². The van der Waals surface area contributed by atoms with Crippen LogP contribution in [0, 0.1) is 22.7 Å². The topological polar surface area (TPSA) is 114 Å². The summed E-state index contributed by atoms with van der Waals surface area (Å²) < 4.78 is 15.6. The molecule has 4 heterocycles. The first kappa shape index (κ1) is 17.4. The minimum Gasteiger partial charge on any atom is -0.346 e. The van der Waals surface area contributed by atoms with Gasteiger partial charge in [0, 0.05) is 48.4 Å². The van der Waals surface area contributed by atoms with Gasteiger partial charge in [0.2, 0.25) is 0 Å². The monoisotopic (exact) mass is 379 g/mol. The Hall–Kier alpha value is -3.01. The normalized spacial score (nSPS) is 17.1. The van der Waals surface area contributed by atoms with Crippen LogP contribution < -0.4 is 0 Å². The Bertz CT molecular complexity index is 1110. The van der Waals surface area contributed by atoms with Crippen molar-refractivity contribution in [1.29, 1.82) is 10.5 Å². The number of aromatic nitrogens is 4. The van der Waals surface area contributed by atoms with Gasteiger partial charge < -0.3 is 4.98 Å². The first-order chi connectivity index (χ1) is 13.1. The molecule has 1 saturated heterocycles. The number of hydrogen-bond donors (Lipinski definition) is 1. The Morgan fingerprint density at radius 2 is 2.15 bits per heavy atom. The van der Waals surface area contributed by atoms with Crippen molar-refractivity contribution in [3.63, 3.8) is 0 Å². The highest BCUT2D eigenvalue weighted by Crippen LogP contribution is 2.36. The molecule has 136 valence electrons. The number of aromatic amines is 1. The van der Waals surface area contributed by atoms with E-state index in [1.165, 1.54) is 0 Å². The van der Waals surface area contributed by atoms with Crippen molar-refractivity contribution >= 4 is 22.0 Å². The zero-order valence-electron chi connectivity index (χ0n) is 14.7. The van der Waals surface area contributed by atoms with E-state index in [2.05, 4.69) is 27.2 Å². The Balaban J connectivity index is 1.78. The highest BCUT2D eigenvalue weighted by molar-refractivity contribution is 7.82. The minimum atomic E-state index is -1.05. The maximum absolute atomic E-state index is 12.0. The van der Waals surface area contributed by atoms with E-state index >= 15 is 0 Å². The average Bonchev–Trinajstić information content (AvgIpc) is 3.30. The third-order valence-electron chi connectivity index (χ3n) is 4.94. The number of nitrogens with zero attached hydrogens (tertiary/aromatic N) is 6. The van der Waals surface area contributed by atoms with Crippen LogP contribution in [0.15, 0.2) is 30.7 Å². The molecule has 27 heavy (non-hydrogen) atoms. The van der Waals surface area contributed by atoms with Crippen LogP contribution in [-0.4, -0.2) is 47.1 Å². The maximum Gasteiger partial charge on any atom is 0.170 e. The summed E-state index contributed by atoms with van der Waals surface area (Å²) in [6.45, 7) is 2.82. The zero-order valence-corrected chi connectivity index (χ0v) is 15.5. The summed E-state index contributed by atoms with van der Waals surface area (Å²) in [5, 5.41) is 24.3. The van der Waals surface area contributed by atoms with Crippen molar-refractivity contribution in [2.75, 3.05) is 18.8 Å². The predicted molar refractivity (Wildman–Crippen MR) is 100 cm³/mol. The van der Waals surface area contributed by atoms with E-state index in [0.717, 1.165) is 16.6 Å². The van der Waals surface area contributed by atoms with E-state index in [1.807, 2.05) is 29.6 Å².